The SMILES string of the molecule is CCCC(CCNc1ccc2c(c1)CN(C1CCC(=O)NC1=O)C2=O)CN1CCC(Oc2ccc(OC3=C(c4ccc(C(F)(F)F)cc4)CCc4cc(C)ccc43)cc2)CC1. The van der Waals surface area contributed by atoms with Gasteiger partial charge in [0, 0.05) is 61.5 Å². The minimum absolute atomic E-state index is 0.106. The fourth-order valence-corrected chi connectivity index (χ4v) is 9.25. The molecule has 4 aliphatic rings. The van der Waals surface area contributed by atoms with Crippen LogP contribution in [0.2, 0.25) is 0 Å². The summed E-state index contributed by atoms with van der Waals surface area (Å²) in [4.78, 5) is 41.3. The third-order valence-corrected chi connectivity index (χ3v) is 12.5. The fourth-order valence-electron chi connectivity index (χ4n) is 9.25. The van der Waals surface area contributed by atoms with Crippen molar-refractivity contribution in [1.82, 2.24) is 15.1 Å². The monoisotopic (exact) mass is 834 g/mol. The first-order valence-corrected chi connectivity index (χ1v) is 21.6. The van der Waals surface area contributed by atoms with Gasteiger partial charge in [-0.2, -0.15) is 13.2 Å². The number of likely N-dealkylation sites (tertiary alicyclic amines) is 1. The van der Waals surface area contributed by atoms with Crippen molar-refractivity contribution in [3.8, 4) is 11.5 Å². The lowest BCUT2D eigenvalue weighted by Crippen LogP contribution is -2.52. The number of imide groups is 1. The number of hydrogen-bond acceptors (Lipinski definition) is 7. The van der Waals surface area contributed by atoms with Gasteiger partial charge in [-0.15, -0.1) is 0 Å². The molecule has 12 heteroatoms. The summed E-state index contributed by atoms with van der Waals surface area (Å²) < 4.78 is 53.0. The average Bonchev–Trinajstić information content (AvgIpc) is 3.56. The lowest BCUT2D eigenvalue weighted by atomic mass is 9.86. The maximum Gasteiger partial charge on any atom is 0.416 e. The van der Waals surface area contributed by atoms with Crippen LogP contribution < -0.4 is 20.1 Å². The van der Waals surface area contributed by atoms with Gasteiger partial charge in [-0.05, 0) is 129 Å². The van der Waals surface area contributed by atoms with E-state index in [-0.39, 0.29) is 24.3 Å². The van der Waals surface area contributed by atoms with E-state index >= 15 is 0 Å². The molecule has 2 unspecified atom stereocenters. The highest BCUT2D eigenvalue weighted by Crippen LogP contribution is 2.40. The maximum absolute atomic E-state index is 13.3. The van der Waals surface area contributed by atoms with Gasteiger partial charge in [0.2, 0.25) is 11.8 Å². The van der Waals surface area contributed by atoms with Crippen LogP contribution in [0.5, 0.6) is 11.5 Å². The quantitative estimate of drug-likeness (QED) is 0.122. The number of benzene rings is 4. The highest BCUT2D eigenvalue weighted by Gasteiger charge is 2.39. The number of carbonyl (C=O) groups is 3. The molecule has 9 nitrogen and oxygen atoms in total. The van der Waals surface area contributed by atoms with Crippen molar-refractivity contribution < 1.29 is 37.0 Å². The summed E-state index contributed by atoms with van der Waals surface area (Å²) in [5.41, 5.74) is 6.66. The maximum atomic E-state index is 13.3. The number of allylic oxidation sites excluding steroid dienone is 1. The van der Waals surface area contributed by atoms with E-state index in [4.69, 9.17) is 9.47 Å². The summed E-state index contributed by atoms with van der Waals surface area (Å²) in [6.07, 6.45) is 2.85. The standard InChI is InChI=1S/C49H53F3N4O5/c1-3-4-32(21-24-53-37-11-18-43-35(28-37)30-56(48(43)59)44-19-20-45(57)54-47(44)58)29-55-25-22-40(23-26-55)60-38-12-14-39(15-13-38)61-46-41(17-8-34-27-31(2)5-16-42(34)46)33-6-9-36(10-7-33)49(50,51)52/h5-7,9-16,18,27-28,32,40,44,53H,3-4,8,17,19-26,29-30H2,1-2H3,(H,54,57,58). The molecular weight excluding hydrogens is 782 g/mol. The molecule has 4 aromatic rings. The van der Waals surface area contributed by atoms with Crippen molar-refractivity contribution in [1.29, 1.82) is 0 Å². The molecule has 0 saturated carbocycles. The number of piperidine rings is 2. The van der Waals surface area contributed by atoms with Gasteiger partial charge in [0.05, 0.1) is 5.56 Å². The van der Waals surface area contributed by atoms with Gasteiger partial charge in [-0.1, -0.05) is 49.2 Å². The summed E-state index contributed by atoms with van der Waals surface area (Å²) in [6, 6.07) is 24.4. The molecule has 2 atom stereocenters. The Hall–Kier alpha value is -5.62. The Kier molecular flexibility index (Phi) is 12.5. The minimum Gasteiger partial charge on any atom is -0.490 e. The van der Waals surface area contributed by atoms with Gasteiger partial charge >= 0.3 is 6.18 Å². The van der Waals surface area contributed by atoms with E-state index in [0.29, 0.717) is 42.4 Å². The van der Waals surface area contributed by atoms with Crippen molar-refractivity contribution >= 4 is 34.7 Å². The first-order valence-electron chi connectivity index (χ1n) is 21.6. The predicted octanol–water partition coefficient (Wildman–Crippen LogP) is 9.43. The third kappa shape index (κ3) is 9.80. The number of nitrogens with one attached hydrogen (secondary N) is 2. The highest BCUT2D eigenvalue weighted by atomic mass is 19.4. The van der Waals surface area contributed by atoms with Gasteiger partial charge in [0.25, 0.3) is 5.91 Å². The molecule has 3 heterocycles. The summed E-state index contributed by atoms with van der Waals surface area (Å²) in [7, 11) is 0. The number of nitrogens with zero attached hydrogens (tertiary/aromatic N) is 2. The van der Waals surface area contributed by atoms with Crippen LogP contribution in [0.3, 0.4) is 0 Å². The van der Waals surface area contributed by atoms with Gasteiger partial charge in [-0.25, -0.2) is 0 Å². The molecule has 0 bridgehead atoms. The number of aryl methyl sites for hydroxylation is 2. The number of alkyl halides is 3. The molecule has 3 aliphatic heterocycles. The Morgan fingerprint density at radius 2 is 1.56 bits per heavy atom. The number of carbonyl (C=O) groups excluding carboxylic acids is 3. The van der Waals surface area contributed by atoms with Crippen LogP contribution in [0.25, 0.3) is 11.3 Å². The molecule has 2 saturated heterocycles. The van der Waals surface area contributed by atoms with E-state index in [1.165, 1.54) is 12.1 Å². The van der Waals surface area contributed by atoms with E-state index in [1.807, 2.05) is 61.5 Å². The van der Waals surface area contributed by atoms with E-state index in [0.717, 1.165) is 122 Å². The number of hydrogen-bond donors (Lipinski definition) is 2. The molecule has 1 aliphatic carbocycles. The van der Waals surface area contributed by atoms with E-state index < -0.39 is 23.7 Å². The Bertz CT molecular complexity index is 2280. The Balaban J connectivity index is 0.822. The van der Waals surface area contributed by atoms with Crippen molar-refractivity contribution in [2.45, 2.75) is 96.5 Å². The van der Waals surface area contributed by atoms with Crippen LogP contribution in [-0.4, -0.2) is 65.8 Å². The van der Waals surface area contributed by atoms with Gasteiger partial charge in [0.15, 0.2) is 0 Å². The topological polar surface area (TPSA) is 100 Å². The van der Waals surface area contributed by atoms with Crippen LogP contribution in [0, 0.1) is 12.8 Å². The average molecular weight is 835 g/mol. The molecule has 0 spiro atoms. The molecule has 61 heavy (non-hydrogen) atoms. The van der Waals surface area contributed by atoms with Gasteiger partial charge in [0.1, 0.15) is 29.4 Å². The number of halogens is 3. The number of rotatable bonds is 14. The Labute approximate surface area is 355 Å². The van der Waals surface area contributed by atoms with Crippen LogP contribution in [0.15, 0.2) is 84.9 Å². The lowest BCUT2D eigenvalue weighted by Gasteiger charge is -2.34. The largest absolute Gasteiger partial charge is 0.490 e. The van der Waals surface area contributed by atoms with E-state index in [1.54, 1.807) is 4.90 Å². The second-order valence-electron chi connectivity index (χ2n) is 16.9. The molecule has 3 amide bonds. The highest BCUT2D eigenvalue weighted by molar-refractivity contribution is 6.05. The number of anilines is 1. The first kappa shape index (κ1) is 42.1. The molecule has 2 N–H and O–H groups in total. The minimum atomic E-state index is -4.40. The smallest absolute Gasteiger partial charge is 0.416 e. The Morgan fingerprint density at radius 1 is 0.820 bits per heavy atom. The van der Waals surface area contributed by atoms with Crippen LogP contribution in [-0.2, 0) is 28.7 Å². The zero-order chi connectivity index (χ0) is 42.7. The van der Waals surface area contributed by atoms with Gasteiger partial charge in [-0.3, -0.25) is 19.7 Å². The van der Waals surface area contributed by atoms with Crippen molar-refractivity contribution in [3.63, 3.8) is 0 Å². The lowest BCUT2D eigenvalue weighted by molar-refractivity contribution is -0.138. The number of amides is 3. The van der Waals surface area contributed by atoms with Gasteiger partial charge < -0.3 is 24.6 Å². The molecule has 2 fully saturated rings. The van der Waals surface area contributed by atoms with Crippen LogP contribution in [0.4, 0.5) is 18.9 Å². The van der Waals surface area contributed by atoms with Crippen molar-refractivity contribution in [3.05, 3.63) is 124 Å². The Morgan fingerprint density at radius 3 is 2.28 bits per heavy atom. The molecule has 0 radical (unpaired) electrons. The van der Waals surface area contributed by atoms with E-state index in [2.05, 4.69) is 28.5 Å². The van der Waals surface area contributed by atoms with Crippen LogP contribution in [0.1, 0.15) is 102 Å². The first-order chi connectivity index (χ1) is 29.4. The second-order valence-corrected chi connectivity index (χ2v) is 16.9. The fraction of sp³-hybridized carbons (Fsp3) is 0.408. The summed E-state index contributed by atoms with van der Waals surface area (Å²) in [6.45, 7) is 8.40. The van der Waals surface area contributed by atoms with Crippen molar-refractivity contribution in [2.24, 2.45) is 5.92 Å². The molecule has 8 rings (SSSR count). The second kappa shape index (κ2) is 18.2. The molecule has 0 aromatic heterocycles. The van der Waals surface area contributed by atoms with E-state index in [9.17, 15) is 27.6 Å². The summed E-state index contributed by atoms with van der Waals surface area (Å²) in [5.74, 6) is 1.76. The normalized spacial score (nSPS) is 19.1. The number of ether oxygens (including phenoxy) is 2. The summed E-state index contributed by atoms with van der Waals surface area (Å²) in [5, 5.41) is 5.93. The van der Waals surface area contributed by atoms with Crippen molar-refractivity contribution in [2.75, 3.05) is 31.5 Å². The third-order valence-electron chi connectivity index (χ3n) is 12.5. The molecule has 4 aromatic carbocycles. The molecular formula is C49H53F3N4O5. The zero-order valence-electron chi connectivity index (χ0n) is 34.8. The van der Waals surface area contributed by atoms with Crippen LogP contribution >= 0.6 is 0 Å². The predicted molar refractivity (Wildman–Crippen MR) is 229 cm³/mol. The molecule has 320 valence electrons. The number of fused-ring (bicyclic) bond motifs is 2. The summed E-state index contributed by atoms with van der Waals surface area (Å²) >= 11 is 0. The zero-order valence-corrected chi connectivity index (χ0v) is 34.8.